The van der Waals surface area contributed by atoms with Crippen LogP contribution in [0.15, 0.2) is 390 Å². The molecule has 0 radical (unpaired) electrons. The van der Waals surface area contributed by atoms with Gasteiger partial charge in [0, 0.05) is 104 Å². The number of rotatable bonds is 4. The Morgan fingerprint density at radius 1 is 0.256 bits per heavy atom. The molecule has 0 atom stereocenters. The lowest BCUT2D eigenvalue weighted by molar-refractivity contribution is 0.577. The number of hydrogen-bond donors (Lipinski definition) is 0. The third-order valence-corrected chi connectivity index (χ3v) is 30.7. The molecule has 0 N–H and O–H groups in total. The van der Waals surface area contributed by atoms with Crippen molar-refractivity contribution in [2.45, 2.75) is 0 Å². The first kappa shape index (κ1) is 71.0. The highest BCUT2D eigenvalue weighted by atomic mass is 32.1. The molecule has 10 aromatic heterocycles. The molecular weight excluding hydrogens is 1630 g/mol. The van der Waals surface area contributed by atoms with E-state index in [1.807, 2.05) is 65.5 Å². The maximum atomic E-state index is 6.46. The fraction of sp³-hybridized carbons (Fsp3) is 0. The fourth-order valence-corrected chi connectivity index (χ4v) is 25.7. The summed E-state index contributed by atoms with van der Waals surface area (Å²) in [7, 11) is 0. The van der Waals surface area contributed by atoms with E-state index >= 15 is 0 Å². The Kier molecular flexibility index (Phi) is 15.9. The maximum absolute atomic E-state index is 6.46. The van der Waals surface area contributed by atoms with Gasteiger partial charge in [-0.25, -0.2) is 0 Å². The van der Waals surface area contributed by atoms with Crippen molar-refractivity contribution in [2.24, 2.45) is 0 Å². The Hall–Kier alpha value is -14.6. The van der Waals surface area contributed by atoms with Crippen molar-refractivity contribution < 1.29 is 8.83 Å². The molecule has 22 heteroatoms. The van der Waals surface area contributed by atoms with E-state index in [0.717, 1.165) is 56.2 Å². The van der Waals surface area contributed by atoms with Gasteiger partial charge in [0.1, 0.15) is 5.58 Å². The molecule has 584 valence electrons. The smallest absolute Gasteiger partial charge is 0.423 e. The van der Waals surface area contributed by atoms with E-state index in [-0.39, 0.29) is 27.9 Å². The largest absolute Gasteiger partial charge is 0.454 e. The van der Waals surface area contributed by atoms with Crippen LogP contribution in [0.4, 0.5) is 89.1 Å². The predicted molar refractivity (Wildman–Crippen MR) is 530 cm³/mol. The Balaban J connectivity index is 0.0000000872. The van der Waals surface area contributed by atoms with Crippen LogP contribution in [0, 0.1) is 0 Å². The molecule has 30 rings (SSSR count). The summed E-state index contributed by atoms with van der Waals surface area (Å²) < 4.78 is 17.9. The molecule has 0 saturated carbocycles. The first-order valence-corrected chi connectivity index (χ1v) is 46.1. The molecule has 0 saturated heterocycles. The van der Waals surface area contributed by atoms with Crippen molar-refractivity contribution in [3.05, 3.63) is 381 Å². The zero-order valence-corrected chi connectivity index (χ0v) is 70.5. The normalized spacial score (nSPS) is 13.9. The van der Waals surface area contributed by atoms with Crippen LogP contribution in [-0.2, 0) is 0 Å². The molecule has 8 aliphatic rings. The first-order chi connectivity index (χ1) is 62.1. The molecular formula is C103H63B4N11O2S5. The number of anilines is 16. The van der Waals surface area contributed by atoms with Crippen molar-refractivity contribution in [1.29, 1.82) is 0 Å². The minimum atomic E-state index is -0.0314. The van der Waals surface area contributed by atoms with Crippen LogP contribution in [-0.4, -0.2) is 42.9 Å². The Morgan fingerprint density at radius 2 is 0.672 bits per heavy atom. The molecule has 18 heterocycles. The summed E-state index contributed by atoms with van der Waals surface area (Å²) in [5.74, 6) is 0.913. The van der Waals surface area contributed by atoms with Gasteiger partial charge in [0.2, 0.25) is 0 Å². The minimum absolute atomic E-state index is 0.000370. The second-order valence-corrected chi connectivity index (χ2v) is 36.8. The number of furan rings is 2. The zero-order valence-electron chi connectivity index (χ0n) is 66.5. The molecule has 0 unspecified atom stereocenters. The quantitative estimate of drug-likeness (QED) is 0.157. The lowest BCUT2D eigenvalue weighted by atomic mass is 9.60. The number of para-hydroxylation sites is 11. The summed E-state index contributed by atoms with van der Waals surface area (Å²) in [4.78, 5) is 34.0. The van der Waals surface area contributed by atoms with Gasteiger partial charge in [-0.1, -0.05) is 188 Å². The van der Waals surface area contributed by atoms with E-state index in [1.54, 1.807) is 40.3 Å². The summed E-state index contributed by atoms with van der Waals surface area (Å²) in [5.41, 5.74) is 30.5. The third kappa shape index (κ3) is 10.4. The van der Waals surface area contributed by atoms with E-state index in [4.69, 9.17) is 23.8 Å². The summed E-state index contributed by atoms with van der Waals surface area (Å²) in [5, 5.41) is 17.9. The Bertz CT molecular complexity index is 7890. The summed E-state index contributed by atoms with van der Waals surface area (Å²) in [6.45, 7) is 0.0911. The van der Waals surface area contributed by atoms with Crippen LogP contribution < -0.4 is 60.3 Å². The SMILES string of the molecule is c1ccc(N2B3c4cccnc4-c4ccsc4N3c3ccccc32)cc1.c1ccc2c(c1)B1N(c3ccc4sc5ccccc5c4c3)c3ccccc3N1c1occc1-2.c1cnc2c(c1)B1N(c3ccccc3N1c1cccc3c1oc1ccccc13)c1sccc1-2.c1cnc2c(c1)B1N(c3ccccc3N1c1cccc3c1sc1ccccc13)c1sccc1-2. The second-order valence-electron chi connectivity index (χ2n) is 32.0. The molecule has 0 fully saturated rings. The molecule has 125 heavy (non-hydrogen) atoms. The second kappa shape index (κ2) is 28.0. The number of fused-ring (bicyclic) bond motifs is 41. The predicted octanol–water partition coefficient (Wildman–Crippen LogP) is 26.0. The standard InChI is InChI=1S/C28H17BN2OS.C27H16BN3OS.C27H16BN3S2.C21H14BN3S/c1-3-9-23-19(7-1)21-15-16-32-28(21)31-25-11-5-4-10-24(25)30(29(23)31)18-13-14-27-22(17-18)20-8-2-6-12-26(20)33-27;1-4-13-24-17(7-1)18-8-5-12-23(26(18)32-24)30-21-10-2-3-11-22(21)31-27-19(14-16-33-27)25-20(28(30)31)9-6-15-29-25;1-4-13-24-17(7-1)18-8-5-12-23(26(18)33-24)30-21-10-2-3-11-22(21)31-27-19(14-16-32-27)25-20(28(30)31)9-6-15-29-25;1-2-7-15(8-3-1)24-18-10-4-5-11-19(18)25-21-16(12-14-26-21)20-17(22(24)25)9-6-13-23-20/h1-17H;2*1-16H;1-14H. The number of nitrogens with zero attached hydrogens (tertiary/aromatic N) is 11. The lowest BCUT2D eigenvalue weighted by Gasteiger charge is -2.34. The van der Waals surface area contributed by atoms with Crippen molar-refractivity contribution in [1.82, 2.24) is 15.0 Å². The highest BCUT2D eigenvalue weighted by Gasteiger charge is 2.54. The lowest BCUT2D eigenvalue weighted by Crippen LogP contribution is -2.55. The van der Waals surface area contributed by atoms with Gasteiger partial charge in [0.15, 0.2) is 11.5 Å². The van der Waals surface area contributed by atoms with Gasteiger partial charge in [-0.2, -0.15) is 0 Å². The molecule has 12 aromatic carbocycles. The minimum Gasteiger partial charge on any atom is -0.454 e. The molecule has 13 nitrogen and oxygen atoms in total. The Labute approximate surface area is 739 Å². The average Bonchev–Trinajstić information content (AvgIpc) is 1.56. The van der Waals surface area contributed by atoms with Gasteiger partial charge in [0.05, 0.1) is 94.2 Å². The molecule has 22 aromatic rings. The maximum Gasteiger partial charge on any atom is 0.423 e. The van der Waals surface area contributed by atoms with Crippen molar-refractivity contribution in [3.8, 4) is 44.9 Å². The van der Waals surface area contributed by atoms with Crippen molar-refractivity contribution >= 4 is 258 Å². The summed E-state index contributed by atoms with van der Waals surface area (Å²) in [6.07, 6.45) is 7.50. The molecule has 8 aliphatic heterocycles. The van der Waals surface area contributed by atoms with Crippen molar-refractivity contribution in [3.63, 3.8) is 0 Å². The van der Waals surface area contributed by atoms with Gasteiger partial charge < -0.3 is 47.3 Å². The van der Waals surface area contributed by atoms with Gasteiger partial charge in [-0.05, 0) is 195 Å². The van der Waals surface area contributed by atoms with Crippen LogP contribution >= 0.6 is 56.7 Å². The molecule has 0 aliphatic carbocycles. The van der Waals surface area contributed by atoms with E-state index in [9.17, 15) is 0 Å². The van der Waals surface area contributed by atoms with Crippen LogP contribution in [0.5, 0.6) is 0 Å². The number of hydrogen-bond acceptors (Lipinski definition) is 18. The zero-order chi connectivity index (χ0) is 81.6. The van der Waals surface area contributed by atoms with E-state index < -0.39 is 0 Å². The molecule has 0 amide bonds. The average molecular weight is 1690 g/mol. The van der Waals surface area contributed by atoms with Gasteiger partial charge in [0.25, 0.3) is 0 Å². The van der Waals surface area contributed by atoms with Crippen LogP contribution in [0.3, 0.4) is 0 Å². The van der Waals surface area contributed by atoms with Gasteiger partial charge >= 0.3 is 27.9 Å². The van der Waals surface area contributed by atoms with E-state index in [2.05, 4.69) is 370 Å². The number of pyridine rings is 3. The summed E-state index contributed by atoms with van der Waals surface area (Å²) >= 11 is 9.09. The van der Waals surface area contributed by atoms with Gasteiger partial charge in [-0.3, -0.25) is 15.0 Å². The van der Waals surface area contributed by atoms with Crippen LogP contribution in [0.2, 0.25) is 0 Å². The number of thiophene rings is 5. The topological polar surface area (TPSA) is 90.9 Å². The molecule has 0 spiro atoms. The number of aromatic nitrogens is 3. The number of benzene rings is 12. The first-order valence-electron chi connectivity index (χ1n) is 41.8. The van der Waals surface area contributed by atoms with Crippen molar-refractivity contribution in [2.75, 3.05) is 38.5 Å². The van der Waals surface area contributed by atoms with Crippen LogP contribution in [0.25, 0.3) is 107 Å². The highest BCUT2D eigenvalue weighted by molar-refractivity contribution is 7.27. The van der Waals surface area contributed by atoms with Gasteiger partial charge in [-0.15, -0.1) is 56.7 Å². The molecule has 0 bridgehead atoms. The fourth-order valence-electron chi connectivity index (χ4n) is 20.6. The monoisotopic (exact) mass is 1690 g/mol. The van der Waals surface area contributed by atoms with Crippen LogP contribution in [0.1, 0.15) is 0 Å². The third-order valence-electron chi connectivity index (χ3n) is 25.6. The highest BCUT2D eigenvalue weighted by Crippen LogP contribution is 2.59. The summed E-state index contributed by atoms with van der Waals surface area (Å²) in [6, 6.07) is 121. The van der Waals surface area contributed by atoms with E-state index in [1.165, 1.54) is 162 Å². The Morgan fingerprint density at radius 3 is 1.26 bits per heavy atom. The van der Waals surface area contributed by atoms with E-state index in [0.29, 0.717) is 0 Å².